The largest absolute Gasteiger partial charge is 0.465 e. The molecule has 0 aliphatic heterocycles. The molecule has 2 aromatic carbocycles. The maximum absolute atomic E-state index is 13.3. The van der Waals surface area contributed by atoms with Gasteiger partial charge < -0.3 is 20.5 Å². The van der Waals surface area contributed by atoms with E-state index in [1.165, 1.54) is 0 Å². The van der Waals surface area contributed by atoms with Crippen molar-refractivity contribution in [1.29, 1.82) is 5.41 Å². The van der Waals surface area contributed by atoms with Crippen LogP contribution < -0.4 is 16.0 Å². The number of hydrogen-bond donors (Lipinski definition) is 5. The highest BCUT2D eigenvalue weighted by molar-refractivity contribution is 6.04. The van der Waals surface area contributed by atoms with Crippen LogP contribution in [0.5, 0.6) is 0 Å². The summed E-state index contributed by atoms with van der Waals surface area (Å²) in [5, 5.41) is 24.1. The zero-order valence-electron chi connectivity index (χ0n) is 18.8. The summed E-state index contributed by atoms with van der Waals surface area (Å²) in [5.41, 5.74) is 1.30. The van der Waals surface area contributed by atoms with Crippen molar-refractivity contribution < 1.29 is 24.2 Å². The monoisotopic (exact) mass is 452 g/mol. The van der Waals surface area contributed by atoms with Crippen molar-refractivity contribution in [1.82, 2.24) is 16.0 Å². The molecule has 0 saturated heterocycles. The van der Waals surface area contributed by atoms with Crippen molar-refractivity contribution in [3.8, 4) is 0 Å². The third kappa shape index (κ3) is 6.09. The van der Waals surface area contributed by atoms with Gasteiger partial charge in [-0.2, -0.15) is 0 Å². The number of carboxylic acid groups (broad SMARTS) is 1. The van der Waals surface area contributed by atoms with Crippen LogP contribution in [0.3, 0.4) is 0 Å². The first-order valence-corrected chi connectivity index (χ1v) is 10.5. The Bertz CT molecular complexity index is 1050. The average molecular weight is 453 g/mol. The van der Waals surface area contributed by atoms with Crippen molar-refractivity contribution in [2.45, 2.75) is 51.3 Å². The second-order valence-corrected chi connectivity index (χ2v) is 9.02. The summed E-state index contributed by atoms with van der Waals surface area (Å²) in [6.45, 7) is 5.49. The number of rotatable bonds is 5. The van der Waals surface area contributed by atoms with E-state index in [0.29, 0.717) is 18.4 Å². The Hall–Kier alpha value is -3.88. The number of fused-ring (bicyclic) bond motifs is 1. The van der Waals surface area contributed by atoms with Gasteiger partial charge in [0.15, 0.2) is 0 Å². The molecule has 0 unspecified atom stereocenters. The highest BCUT2D eigenvalue weighted by Crippen LogP contribution is 2.31. The molecule has 0 bridgehead atoms. The molecule has 0 spiro atoms. The molecular weight excluding hydrogens is 424 g/mol. The second-order valence-electron chi connectivity index (χ2n) is 9.02. The lowest BCUT2D eigenvalue weighted by atomic mass is 9.94. The van der Waals surface area contributed by atoms with Crippen molar-refractivity contribution in [3.63, 3.8) is 0 Å². The minimum absolute atomic E-state index is 0.201. The van der Waals surface area contributed by atoms with E-state index in [1.807, 2.05) is 29.6 Å². The lowest BCUT2D eigenvalue weighted by molar-refractivity contribution is -0.127. The van der Waals surface area contributed by atoms with Crippen molar-refractivity contribution in [2.24, 2.45) is 0 Å². The predicted octanol–water partition coefficient (Wildman–Crippen LogP) is 2.96. The summed E-state index contributed by atoms with van der Waals surface area (Å²) in [4.78, 5) is 36.5. The van der Waals surface area contributed by atoms with Crippen LogP contribution in [0.15, 0.2) is 48.5 Å². The van der Waals surface area contributed by atoms with Crippen LogP contribution in [0.25, 0.3) is 0 Å². The second kappa shape index (κ2) is 9.32. The molecule has 0 fully saturated rings. The van der Waals surface area contributed by atoms with Crippen LogP contribution in [0, 0.1) is 5.41 Å². The predicted molar refractivity (Wildman–Crippen MR) is 122 cm³/mol. The number of hydrogen-bond acceptors (Lipinski definition) is 5. The molecule has 5 N–H and O–H groups in total. The van der Waals surface area contributed by atoms with Crippen LogP contribution in [0.2, 0.25) is 0 Å². The Morgan fingerprint density at radius 2 is 1.61 bits per heavy atom. The Labute approximate surface area is 192 Å². The van der Waals surface area contributed by atoms with E-state index in [2.05, 4.69) is 10.6 Å². The summed E-state index contributed by atoms with van der Waals surface area (Å²) in [7, 11) is 0. The first kappa shape index (κ1) is 23.8. The average Bonchev–Trinajstić information content (AvgIpc) is 3.09. The van der Waals surface area contributed by atoms with Gasteiger partial charge in [-0.1, -0.05) is 48.5 Å². The van der Waals surface area contributed by atoms with Crippen LogP contribution in [-0.4, -0.2) is 40.2 Å². The fraction of sp³-hybridized carbons (Fsp3) is 0.333. The van der Waals surface area contributed by atoms with Gasteiger partial charge in [-0.25, -0.2) is 9.59 Å². The number of amides is 3. The molecule has 9 nitrogen and oxygen atoms in total. The van der Waals surface area contributed by atoms with E-state index >= 15 is 0 Å². The number of carbonyl (C=O) groups excluding carboxylic acids is 2. The quantitative estimate of drug-likeness (QED) is 0.350. The fourth-order valence-corrected chi connectivity index (χ4v) is 3.74. The molecule has 1 aliphatic carbocycles. The Morgan fingerprint density at radius 1 is 1.03 bits per heavy atom. The molecule has 1 aliphatic rings. The van der Waals surface area contributed by atoms with Gasteiger partial charge >= 0.3 is 12.2 Å². The zero-order valence-corrected chi connectivity index (χ0v) is 18.8. The first-order valence-electron chi connectivity index (χ1n) is 10.5. The van der Waals surface area contributed by atoms with Gasteiger partial charge in [-0.05, 0) is 37.5 Å². The topological polar surface area (TPSA) is 141 Å². The first-order chi connectivity index (χ1) is 15.5. The van der Waals surface area contributed by atoms with Crippen molar-refractivity contribution in [2.75, 3.05) is 0 Å². The maximum atomic E-state index is 13.3. The summed E-state index contributed by atoms with van der Waals surface area (Å²) in [6.07, 6.45) is -1.26. The van der Waals surface area contributed by atoms with E-state index < -0.39 is 23.3 Å². The van der Waals surface area contributed by atoms with Crippen LogP contribution in [0.1, 0.15) is 43.0 Å². The van der Waals surface area contributed by atoms with Gasteiger partial charge in [0.2, 0.25) is 5.91 Å². The minimum Gasteiger partial charge on any atom is -0.465 e. The molecule has 33 heavy (non-hydrogen) atoms. The number of alkyl carbamates (subject to hydrolysis) is 1. The Balaban J connectivity index is 1.71. The van der Waals surface area contributed by atoms with Crippen LogP contribution in [0.4, 0.5) is 9.59 Å². The molecule has 0 aromatic heterocycles. The molecule has 0 radical (unpaired) electrons. The highest BCUT2D eigenvalue weighted by Gasteiger charge is 2.45. The Morgan fingerprint density at radius 3 is 2.12 bits per heavy atom. The lowest BCUT2D eigenvalue weighted by Crippen LogP contribution is -2.60. The van der Waals surface area contributed by atoms with Crippen molar-refractivity contribution in [3.05, 3.63) is 70.8 Å². The van der Waals surface area contributed by atoms with E-state index in [-0.39, 0.29) is 18.3 Å². The van der Waals surface area contributed by atoms with Crippen LogP contribution in [-0.2, 0) is 28.9 Å². The molecule has 0 atom stereocenters. The molecule has 174 valence electrons. The van der Waals surface area contributed by atoms with E-state index in [4.69, 9.17) is 15.3 Å². The van der Waals surface area contributed by atoms with Gasteiger partial charge in [-0.3, -0.25) is 15.5 Å². The number of nitrogens with one attached hydrogen (secondary N) is 4. The normalized spacial score (nSPS) is 14.0. The number of amidine groups is 1. The maximum Gasteiger partial charge on any atom is 0.410 e. The van der Waals surface area contributed by atoms with Gasteiger partial charge in [0, 0.05) is 24.9 Å². The lowest BCUT2D eigenvalue weighted by Gasteiger charge is -2.30. The highest BCUT2D eigenvalue weighted by atomic mass is 16.6. The summed E-state index contributed by atoms with van der Waals surface area (Å²) >= 11 is 0. The Kier molecular flexibility index (Phi) is 6.71. The molecule has 3 rings (SSSR count). The SMILES string of the molecule is CC(C)(C)OC(=O)NC1(C(=O)NCc2ccc(C(=N)NC(=O)O)cc2)Cc2ccccc2C1. The number of ether oxygens (including phenoxy) is 1. The third-order valence-electron chi connectivity index (χ3n) is 5.21. The van der Waals surface area contributed by atoms with Gasteiger partial charge in [0.05, 0.1) is 0 Å². The molecule has 9 heteroatoms. The minimum atomic E-state index is -1.31. The zero-order chi connectivity index (χ0) is 24.2. The third-order valence-corrected chi connectivity index (χ3v) is 5.21. The van der Waals surface area contributed by atoms with E-state index in [1.54, 1.807) is 45.0 Å². The summed E-state index contributed by atoms with van der Waals surface area (Å²) in [6, 6.07) is 14.3. The standard InChI is InChI=1S/C24H28N4O5/c1-23(2,3)33-22(32)28-24(12-17-6-4-5-7-18(17)13-24)20(29)26-14-15-8-10-16(11-9-15)19(25)27-21(30)31/h4-11H,12-14H2,1-3H3,(H2,25,27)(H,26,29)(H,28,32)(H,30,31). The fourth-order valence-electron chi connectivity index (χ4n) is 3.74. The van der Waals surface area contributed by atoms with Gasteiger partial charge in [0.1, 0.15) is 17.0 Å². The van der Waals surface area contributed by atoms with Gasteiger partial charge in [0.25, 0.3) is 0 Å². The van der Waals surface area contributed by atoms with E-state index in [0.717, 1.165) is 16.7 Å². The van der Waals surface area contributed by atoms with Gasteiger partial charge in [-0.15, -0.1) is 0 Å². The molecule has 3 amide bonds. The molecular formula is C24H28N4O5. The van der Waals surface area contributed by atoms with Crippen LogP contribution >= 0.6 is 0 Å². The smallest absolute Gasteiger partial charge is 0.410 e. The molecule has 0 saturated carbocycles. The van der Waals surface area contributed by atoms with Crippen molar-refractivity contribution >= 4 is 23.9 Å². The molecule has 0 heterocycles. The summed E-state index contributed by atoms with van der Waals surface area (Å²) < 4.78 is 5.40. The number of carbonyl (C=O) groups is 3. The molecule has 2 aromatic rings. The number of benzene rings is 2. The summed E-state index contributed by atoms with van der Waals surface area (Å²) in [5.74, 6) is -0.559. The van der Waals surface area contributed by atoms with E-state index in [9.17, 15) is 14.4 Å².